The second kappa shape index (κ2) is 14.1. The first-order valence-electron chi connectivity index (χ1n) is 19.4. The predicted octanol–water partition coefficient (Wildman–Crippen LogP) is 5.54. The van der Waals surface area contributed by atoms with Crippen LogP contribution in [-0.4, -0.2) is 90.1 Å². The molecule has 14 heteroatoms. The zero-order valence-electron chi connectivity index (χ0n) is 30.5. The van der Waals surface area contributed by atoms with Crippen LogP contribution in [0.25, 0.3) is 44.5 Å². The van der Waals surface area contributed by atoms with E-state index >= 15 is 0 Å². The Morgan fingerprint density at radius 2 is 1.52 bits per heavy atom. The lowest BCUT2D eigenvalue weighted by molar-refractivity contribution is -0.137. The van der Waals surface area contributed by atoms with Gasteiger partial charge in [-0.1, -0.05) is 31.0 Å². The van der Waals surface area contributed by atoms with Crippen LogP contribution in [-0.2, 0) is 14.3 Å². The first-order chi connectivity index (χ1) is 26.3. The van der Waals surface area contributed by atoms with E-state index < -0.39 is 18.2 Å². The van der Waals surface area contributed by atoms with Crippen LogP contribution >= 0.6 is 0 Å². The van der Waals surface area contributed by atoms with Gasteiger partial charge in [-0.05, 0) is 87.5 Å². The Bertz CT molecular complexity index is 2220. The van der Waals surface area contributed by atoms with Gasteiger partial charge in [-0.2, -0.15) is 0 Å². The van der Waals surface area contributed by atoms with Gasteiger partial charge in [0.05, 0.1) is 59.4 Å². The van der Waals surface area contributed by atoms with Crippen molar-refractivity contribution in [1.29, 1.82) is 0 Å². The summed E-state index contributed by atoms with van der Waals surface area (Å²) in [5, 5.41) is 12.9. The zero-order chi connectivity index (χ0) is 36.9. The van der Waals surface area contributed by atoms with Crippen LogP contribution < -0.4 is 11.1 Å². The molecule has 5 N–H and O–H groups in total. The van der Waals surface area contributed by atoms with Crippen molar-refractivity contribution >= 4 is 39.8 Å². The molecule has 3 aromatic heterocycles. The molecule has 2 saturated heterocycles. The Labute approximate surface area is 312 Å². The summed E-state index contributed by atoms with van der Waals surface area (Å²) < 4.78 is 4.83. The number of imidazole rings is 2. The van der Waals surface area contributed by atoms with Crippen molar-refractivity contribution in [2.24, 2.45) is 17.6 Å². The minimum Gasteiger partial charge on any atom is -0.453 e. The number of aromatic nitrogens is 6. The molecule has 0 unspecified atom stereocenters. The molecule has 5 heterocycles. The minimum atomic E-state index is -0.594. The fraction of sp³-hybridized carbons (Fsp3) is 0.475. The smallest absolute Gasteiger partial charge is 0.407 e. The molecule has 0 spiro atoms. The van der Waals surface area contributed by atoms with E-state index in [2.05, 4.69) is 25.5 Å². The van der Waals surface area contributed by atoms with Crippen LogP contribution in [0.15, 0.2) is 48.7 Å². The number of H-pyrrole nitrogens is 2. The summed E-state index contributed by atoms with van der Waals surface area (Å²) in [7, 11) is 1.32. The summed E-state index contributed by atoms with van der Waals surface area (Å²) >= 11 is 0. The number of rotatable bonds is 9. The van der Waals surface area contributed by atoms with Crippen molar-refractivity contribution in [3.8, 4) is 22.5 Å². The molecule has 4 fully saturated rings. The number of alkyl carbamates (subject to hydrolysis) is 1. The number of aromatic amines is 2. The molecule has 54 heavy (non-hydrogen) atoms. The third-order valence-electron chi connectivity index (χ3n) is 12.3. The quantitative estimate of drug-likeness (QED) is 0.151. The lowest BCUT2D eigenvalue weighted by Gasteiger charge is -2.36. The van der Waals surface area contributed by atoms with Gasteiger partial charge >= 0.3 is 6.09 Å². The molecular formula is C40H46N10O4. The molecule has 9 rings (SSSR count). The Morgan fingerprint density at radius 3 is 2.24 bits per heavy atom. The van der Waals surface area contributed by atoms with E-state index in [9.17, 15) is 14.4 Å². The van der Waals surface area contributed by atoms with Crippen molar-refractivity contribution in [3.05, 3.63) is 60.3 Å². The molecule has 0 radical (unpaired) electrons. The maximum Gasteiger partial charge on any atom is 0.407 e. The molecule has 4 aliphatic rings. The first-order valence-corrected chi connectivity index (χ1v) is 19.4. The summed E-state index contributed by atoms with van der Waals surface area (Å²) in [6, 6.07) is 12.8. The van der Waals surface area contributed by atoms with Crippen LogP contribution in [0.1, 0.15) is 87.9 Å². The Balaban J connectivity index is 0.912. The topological polar surface area (TPSA) is 188 Å². The highest BCUT2D eigenvalue weighted by molar-refractivity contribution is 5.89. The van der Waals surface area contributed by atoms with Crippen LogP contribution in [0.4, 0.5) is 4.79 Å². The van der Waals surface area contributed by atoms with E-state index in [1.165, 1.54) is 7.11 Å². The largest absolute Gasteiger partial charge is 0.453 e. The molecule has 2 aliphatic carbocycles. The molecule has 14 nitrogen and oxygen atoms in total. The fourth-order valence-corrected chi connectivity index (χ4v) is 8.68. The lowest BCUT2D eigenvalue weighted by atomic mass is 9.79. The Kier molecular flexibility index (Phi) is 9.00. The van der Waals surface area contributed by atoms with Crippen molar-refractivity contribution in [2.75, 3.05) is 20.2 Å². The Morgan fingerprint density at radius 1 is 0.796 bits per heavy atom. The number of benzene rings is 2. The summed E-state index contributed by atoms with van der Waals surface area (Å²) in [5.74, 6) is 1.91. The van der Waals surface area contributed by atoms with Gasteiger partial charge in [-0.15, -0.1) is 10.2 Å². The average molecular weight is 731 g/mol. The highest BCUT2D eigenvalue weighted by Gasteiger charge is 2.42. The number of carbonyl (C=O) groups excluding carboxylic acids is 3. The van der Waals surface area contributed by atoms with Gasteiger partial charge in [0.1, 0.15) is 17.7 Å². The number of hydrogen-bond acceptors (Lipinski definition) is 9. The van der Waals surface area contributed by atoms with Gasteiger partial charge in [0.25, 0.3) is 0 Å². The van der Waals surface area contributed by atoms with Crippen LogP contribution in [0, 0.1) is 11.8 Å². The van der Waals surface area contributed by atoms with E-state index in [0.717, 1.165) is 120 Å². The fourth-order valence-electron chi connectivity index (χ4n) is 8.68. The van der Waals surface area contributed by atoms with Crippen molar-refractivity contribution in [2.45, 2.75) is 88.4 Å². The molecule has 0 bridgehead atoms. The maximum atomic E-state index is 13.8. The number of carbonyl (C=O) groups is 3. The van der Waals surface area contributed by atoms with E-state index in [4.69, 9.17) is 20.4 Å². The Hall–Kier alpha value is -5.37. The molecule has 2 aliphatic heterocycles. The van der Waals surface area contributed by atoms with Gasteiger partial charge in [-0.3, -0.25) is 9.59 Å². The van der Waals surface area contributed by atoms with Crippen LogP contribution in [0.5, 0.6) is 0 Å². The van der Waals surface area contributed by atoms with Crippen LogP contribution in [0.3, 0.4) is 0 Å². The van der Waals surface area contributed by atoms with E-state index in [-0.39, 0.29) is 29.8 Å². The second-order valence-corrected chi connectivity index (χ2v) is 15.4. The number of methoxy groups -OCH3 is 1. The van der Waals surface area contributed by atoms with Gasteiger partial charge in [0.2, 0.25) is 11.8 Å². The highest BCUT2D eigenvalue weighted by atomic mass is 16.5. The SMILES string of the molecule is COC(=O)N[C@H](C(=O)N1CCC[C@H]1c1nc2ccc(-c3cc4ccc(-c5cnc([C@@H]6CCCN6C(=O)[C@@H](N)C6CCC6)[nH]5)cc4nn3)cc2[nH]1)C1CCC1. The summed E-state index contributed by atoms with van der Waals surface area (Å²) in [6.07, 6.45) is 10.8. The number of amides is 3. The van der Waals surface area contributed by atoms with E-state index in [1.807, 2.05) is 58.5 Å². The number of nitrogens with zero attached hydrogens (tertiary/aromatic N) is 6. The number of hydrogen-bond donors (Lipinski definition) is 4. The number of ether oxygens (including phenoxy) is 1. The van der Waals surface area contributed by atoms with Crippen molar-refractivity contribution in [1.82, 2.24) is 45.2 Å². The molecule has 5 aromatic rings. The molecule has 2 aromatic carbocycles. The molecule has 280 valence electrons. The predicted molar refractivity (Wildman–Crippen MR) is 202 cm³/mol. The summed E-state index contributed by atoms with van der Waals surface area (Å²) in [5.41, 5.74) is 12.2. The van der Waals surface area contributed by atoms with E-state index in [1.54, 1.807) is 0 Å². The lowest BCUT2D eigenvalue weighted by Crippen LogP contribution is -2.53. The van der Waals surface area contributed by atoms with Crippen molar-refractivity contribution < 1.29 is 19.1 Å². The van der Waals surface area contributed by atoms with E-state index in [0.29, 0.717) is 19.0 Å². The number of nitrogens with two attached hydrogens (primary N) is 1. The molecular weight excluding hydrogens is 685 g/mol. The highest BCUT2D eigenvalue weighted by Crippen LogP contribution is 2.38. The molecule has 4 atom stereocenters. The minimum absolute atomic E-state index is 0.0417. The monoisotopic (exact) mass is 730 g/mol. The first kappa shape index (κ1) is 34.4. The number of fused-ring (bicyclic) bond motifs is 2. The summed E-state index contributed by atoms with van der Waals surface area (Å²) in [4.78, 5) is 59.5. The summed E-state index contributed by atoms with van der Waals surface area (Å²) in [6.45, 7) is 1.32. The molecule has 3 amide bonds. The van der Waals surface area contributed by atoms with Gasteiger partial charge in [0.15, 0.2) is 0 Å². The van der Waals surface area contributed by atoms with Gasteiger partial charge < -0.3 is 35.6 Å². The maximum absolute atomic E-state index is 13.8. The normalized spacial score (nSPS) is 21.6. The van der Waals surface area contributed by atoms with Crippen LogP contribution in [0.2, 0.25) is 0 Å². The number of likely N-dealkylation sites (tertiary alicyclic amines) is 2. The zero-order valence-corrected chi connectivity index (χ0v) is 30.5. The second-order valence-electron chi connectivity index (χ2n) is 15.4. The average Bonchev–Trinajstić information content (AvgIpc) is 3.97. The van der Waals surface area contributed by atoms with Gasteiger partial charge in [-0.25, -0.2) is 14.8 Å². The third kappa shape index (κ3) is 6.25. The molecule has 2 saturated carbocycles. The third-order valence-corrected chi connectivity index (χ3v) is 12.3. The standard InChI is InChI=1S/C40H46N10O4/c1-54-40(53)46-35(23-8-3-9-23)39(52)50-17-5-11-33(50)37-43-27-15-14-25(20-30(27)44-37)28-18-24-12-13-26(19-29(24)48-47-28)31-21-42-36(45-31)32-10-4-16-49(32)38(51)34(41)22-6-2-7-22/h12-15,18-23,32-35H,2-11,16-17,41H2,1H3,(H,42,45)(H,43,44)(H,46,53)/t32-,33-,34-,35-/m0/s1. The van der Waals surface area contributed by atoms with Crippen molar-refractivity contribution in [3.63, 3.8) is 0 Å². The number of nitrogens with one attached hydrogen (secondary N) is 3. The van der Waals surface area contributed by atoms with Gasteiger partial charge in [0, 0.05) is 29.6 Å².